The van der Waals surface area contributed by atoms with Crippen LogP contribution in [0.2, 0.25) is 0 Å². The fraction of sp³-hybridized carbons (Fsp3) is 0.125. The first kappa shape index (κ1) is 13.8. The van der Waals surface area contributed by atoms with Gasteiger partial charge in [0.2, 0.25) is 0 Å². The van der Waals surface area contributed by atoms with Gasteiger partial charge < -0.3 is 10.2 Å². The molecular formula is C16H13BrN2O2. The van der Waals surface area contributed by atoms with Crippen LogP contribution in [0.1, 0.15) is 20.7 Å². The maximum absolute atomic E-state index is 12.7. The van der Waals surface area contributed by atoms with Crippen LogP contribution in [-0.4, -0.2) is 24.9 Å². The fourth-order valence-corrected chi connectivity index (χ4v) is 2.73. The van der Waals surface area contributed by atoms with Gasteiger partial charge >= 0.3 is 0 Å². The molecule has 0 radical (unpaired) electrons. The first-order chi connectivity index (χ1) is 10.2. The number of hydrogen-bond acceptors (Lipinski definition) is 2. The van der Waals surface area contributed by atoms with Gasteiger partial charge in [-0.2, -0.15) is 0 Å². The lowest BCUT2D eigenvalue weighted by molar-refractivity contribution is 0.0953. The number of amides is 2. The zero-order valence-electron chi connectivity index (χ0n) is 11.2. The summed E-state index contributed by atoms with van der Waals surface area (Å²) in [6.45, 7) is 0.887. The highest BCUT2D eigenvalue weighted by atomic mass is 79.9. The fourth-order valence-electron chi connectivity index (χ4n) is 2.37. The summed E-state index contributed by atoms with van der Waals surface area (Å²) in [6.07, 6.45) is 0. The Bertz CT molecular complexity index is 701. The van der Waals surface area contributed by atoms with Crippen molar-refractivity contribution in [1.29, 1.82) is 0 Å². The lowest BCUT2D eigenvalue weighted by Gasteiger charge is -2.22. The van der Waals surface area contributed by atoms with Crippen molar-refractivity contribution in [1.82, 2.24) is 5.32 Å². The zero-order chi connectivity index (χ0) is 14.8. The summed E-state index contributed by atoms with van der Waals surface area (Å²) in [5, 5.41) is 2.81. The van der Waals surface area contributed by atoms with Gasteiger partial charge in [-0.15, -0.1) is 0 Å². The minimum absolute atomic E-state index is 0.101. The molecule has 2 amide bonds. The standard InChI is InChI=1S/C16H13BrN2O2/c17-12-6-7-14-13(10-12)15(20)18-8-9-19(14)16(21)11-4-2-1-3-5-11/h1-7,10H,8-9H2,(H,18,20). The van der Waals surface area contributed by atoms with Gasteiger partial charge in [-0.05, 0) is 30.3 Å². The number of carbonyl (C=O) groups excluding carboxylic acids is 2. The Morgan fingerprint density at radius 3 is 2.67 bits per heavy atom. The van der Waals surface area contributed by atoms with Gasteiger partial charge in [0.05, 0.1) is 11.3 Å². The van der Waals surface area contributed by atoms with E-state index in [1.165, 1.54) is 0 Å². The van der Waals surface area contributed by atoms with E-state index in [0.717, 1.165) is 4.47 Å². The highest BCUT2D eigenvalue weighted by Gasteiger charge is 2.25. The molecule has 0 bridgehead atoms. The van der Waals surface area contributed by atoms with E-state index in [1.807, 2.05) is 24.3 Å². The molecule has 1 aliphatic rings. The first-order valence-corrected chi connectivity index (χ1v) is 7.41. The van der Waals surface area contributed by atoms with Gasteiger partial charge in [0.1, 0.15) is 0 Å². The maximum Gasteiger partial charge on any atom is 0.258 e. The van der Waals surface area contributed by atoms with E-state index in [-0.39, 0.29) is 11.8 Å². The summed E-state index contributed by atoms with van der Waals surface area (Å²) < 4.78 is 0.811. The molecule has 21 heavy (non-hydrogen) atoms. The average molecular weight is 345 g/mol. The summed E-state index contributed by atoms with van der Waals surface area (Å²) in [4.78, 5) is 26.4. The van der Waals surface area contributed by atoms with E-state index in [4.69, 9.17) is 0 Å². The Kier molecular flexibility index (Phi) is 3.75. The molecule has 0 atom stereocenters. The number of benzene rings is 2. The second kappa shape index (κ2) is 5.69. The van der Waals surface area contributed by atoms with Gasteiger partial charge in [0.25, 0.3) is 11.8 Å². The van der Waals surface area contributed by atoms with Crippen LogP contribution in [0.4, 0.5) is 5.69 Å². The number of nitrogens with one attached hydrogen (secondary N) is 1. The van der Waals surface area contributed by atoms with E-state index in [0.29, 0.717) is 29.9 Å². The number of anilines is 1. The van der Waals surface area contributed by atoms with E-state index in [9.17, 15) is 9.59 Å². The molecule has 0 aliphatic carbocycles. The van der Waals surface area contributed by atoms with E-state index < -0.39 is 0 Å². The summed E-state index contributed by atoms with van der Waals surface area (Å²) in [5.41, 5.74) is 1.76. The van der Waals surface area contributed by atoms with Crippen LogP contribution in [0.25, 0.3) is 0 Å². The van der Waals surface area contributed by atoms with Crippen LogP contribution in [0.15, 0.2) is 53.0 Å². The molecule has 0 aromatic heterocycles. The maximum atomic E-state index is 12.7. The van der Waals surface area contributed by atoms with Gasteiger partial charge in [-0.1, -0.05) is 34.1 Å². The minimum atomic E-state index is -0.158. The summed E-state index contributed by atoms with van der Waals surface area (Å²) in [5.74, 6) is -0.259. The molecular weight excluding hydrogens is 332 g/mol. The van der Waals surface area contributed by atoms with Gasteiger partial charge in [-0.3, -0.25) is 9.59 Å². The monoisotopic (exact) mass is 344 g/mol. The van der Waals surface area contributed by atoms with Crippen molar-refractivity contribution in [3.05, 3.63) is 64.1 Å². The van der Waals surface area contributed by atoms with Crippen LogP contribution >= 0.6 is 15.9 Å². The quantitative estimate of drug-likeness (QED) is 0.864. The van der Waals surface area contributed by atoms with Crippen molar-refractivity contribution in [3.8, 4) is 0 Å². The number of nitrogens with zero attached hydrogens (tertiary/aromatic N) is 1. The highest BCUT2D eigenvalue weighted by molar-refractivity contribution is 9.10. The van der Waals surface area contributed by atoms with Crippen molar-refractivity contribution < 1.29 is 9.59 Å². The number of rotatable bonds is 1. The third-order valence-electron chi connectivity index (χ3n) is 3.38. The van der Waals surface area contributed by atoms with Gasteiger partial charge in [0, 0.05) is 23.1 Å². The Morgan fingerprint density at radius 2 is 1.90 bits per heavy atom. The van der Waals surface area contributed by atoms with E-state index in [1.54, 1.807) is 29.2 Å². The molecule has 0 fully saturated rings. The molecule has 2 aromatic rings. The van der Waals surface area contributed by atoms with Crippen molar-refractivity contribution >= 4 is 33.4 Å². The number of carbonyl (C=O) groups is 2. The van der Waals surface area contributed by atoms with Crippen LogP contribution in [0.5, 0.6) is 0 Å². The normalized spacial score (nSPS) is 14.1. The van der Waals surface area contributed by atoms with Crippen molar-refractivity contribution in [2.75, 3.05) is 18.0 Å². The largest absolute Gasteiger partial charge is 0.350 e. The Labute approximate surface area is 130 Å². The van der Waals surface area contributed by atoms with Gasteiger partial charge in [0.15, 0.2) is 0 Å². The smallest absolute Gasteiger partial charge is 0.258 e. The number of hydrogen-bond donors (Lipinski definition) is 1. The summed E-state index contributed by atoms with van der Waals surface area (Å²) in [7, 11) is 0. The SMILES string of the molecule is O=C1NCCN(C(=O)c2ccccc2)c2ccc(Br)cc21. The molecule has 0 saturated carbocycles. The topological polar surface area (TPSA) is 49.4 Å². The van der Waals surface area contributed by atoms with Crippen molar-refractivity contribution in [3.63, 3.8) is 0 Å². The van der Waals surface area contributed by atoms with Gasteiger partial charge in [-0.25, -0.2) is 0 Å². The van der Waals surface area contributed by atoms with Crippen LogP contribution in [0, 0.1) is 0 Å². The summed E-state index contributed by atoms with van der Waals surface area (Å²) >= 11 is 3.36. The molecule has 1 heterocycles. The second-order valence-corrected chi connectivity index (χ2v) is 5.66. The minimum Gasteiger partial charge on any atom is -0.350 e. The molecule has 5 heteroatoms. The van der Waals surface area contributed by atoms with Crippen molar-refractivity contribution in [2.24, 2.45) is 0 Å². The third-order valence-corrected chi connectivity index (χ3v) is 3.87. The molecule has 2 aromatic carbocycles. The molecule has 1 N–H and O–H groups in total. The molecule has 4 nitrogen and oxygen atoms in total. The average Bonchev–Trinajstić information content (AvgIpc) is 2.67. The lowest BCUT2D eigenvalue weighted by Crippen LogP contribution is -2.35. The van der Waals surface area contributed by atoms with Crippen LogP contribution in [-0.2, 0) is 0 Å². The highest BCUT2D eigenvalue weighted by Crippen LogP contribution is 2.27. The molecule has 106 valence electrons. The predicted octanol–water partition coefficient (Wildman–Crippen LogP) is 2.84. The van der Waals surface area contributed by atoms with Crippen LogP contribution < -0.4 is 10.2 Å². The molecule has 0 unspecified atom stereocenters. The number of fused-ring (bicyclic) bond motifs is 1. The Morgan fingerprint density at radius 1 is 1.14 bits per heavy atom. The molecule has 3 rings (SSSR count). The zero-order valence-corrected chi connectivity index (χ0v) is 12.8. The second-order valence-electron chi connectivity index (χ2n) is 4.74. The van der Waals surface area contributed by atoms with E-state index >= 15 is 0 Å². The predicted molar refractivity (Wildman–Crippen MR) is 84.6 cm³/mol. The molecule has 0 saturated heterocycles. The van der Waals surface area contributed by atoms with Crippen LogP contribution in [0.3, 0.4) is 0 Å². The van der Waals surface area contributed by atoms with E-state index in [2.05, 4.69) is 21.2 Å². The number of halogens is 1. The molecule has 0 spiro atoms. The first-order valence-electron chi connectivity index (χ1n) is 6.61. The summed E-state index contributed by atoms with van der Waals surface area (Å²) in [6, 6.07) is 14.5. The third kappa shape index (κ3) is 2.69. The Hall–Kier alpha value is -2.14. The van der Waals surface area contributed by atoms with Crippen molar-refractivity contribution in [2.45, 2.75) is 0 Å². The molecule has 1 aliphatic heterocycles. The lowest BCUT2D eigenvalue weighted by atomic mass is 10.1. The Balaban J connectivity index is 2.06.